The molecule has 0 saturated carbocycles. The third-order valence-electron chi connectivity index (χ3n) is 9.98. The molecule has 0 aromatic heterocycles. The zero-order valence-electron chi connectivity index (χ0n) is 40.7. The minimum atomic E-state index is -0.836. The van der Waals surface area contributed by atoms with Crippen LogP contribution in [-0.2, 0) is 28.6 Å². The Labute approximate surface area is 392 Å². The van der Waals surface area contributed by atoms with Crippen LogP contribution in [0.15, 0.2) is 134 Å². The summed E-state index contributed by atoms with van der Waals surface area (Å²) in [5.41, 5.74) is 0. The predicted molar refractivity (Wildman–Crippen MR) is 274 cm³/mol. The van der Waals surface area contributed by atoms with Gasteiger partial charge in [-0.3, -0.25) is 14.4 Å². The molecule has 1 unspecified atom stereocenters. The number of carbonyl (C=O) groups is 3. The molecule has 1 atom stereocenters. The van der Waals surface area contributed by atoms with Crippen LogP contribution in [0.25, 0.3) is 0 Å². The molecule has 0 spiro atoms. The van der Waals surface area contributed by atoms with Crippen molar-refractivity contribution in [3.05, 3.63) is 134 Å². The molecule has 6 nitrogen and oxygen atoms in total. The summed E-state index contributed by atoms with van der Waals surface area (Å²) < 4.78 is 16.7. The summed E-state index contributed by atoms with van der Waals surface area (Å²) in [6.45, 7) is 6.29. The van der Waals surface area contributed by atoms with Crippen LogP contribution in [0.5, 0.6) is 0 Å². The molecule has 0 amide bonds. The van der Waals surface area contributed by atoms with Gasteiger partial charge < -0.3 is 14.2 Å². The van der Waals surface area contributed by atoms with E-state index in [0.29, 0.717) is 19.3 Å². The van der Waals surface area contributed by atoms with Crippen molar-refractivity contribution in [1.82, 2.24) is 0 Å². The lowest BCUT2D eigenvalue weighted by Crippen LogP contribution is -2.30. The van der Waals surface area contributed by atoms with Crippen molar-refractivity contribution in [3.63, 3.8) is 0 Å². The van der Waals surface area contributed by atoms with E-state index < -0.39 is 12.1 Å². The molecule has 6 heteroatoms. The highest BCUT2D eigenvalue weighted by atomic mass is 16.6. The summed E-state index contributed by atoms with van der Waals surface area (Å²) in [6, 6.07) is 0. The van der Waals surface area contributed by atoms with E-state index in [4.69, 9.17) is 14.2 Å². The minimum Gasteiger partial charge on any atom is -0.462 e. The lowest BCUT2D eigenvalue weighted by Gasteiger charge is -2.18. The highest BCUT2D eigenvalue weighted by molar-refractivity contribution is 5.71. The average Bonchev–Trinajstić information content (AvgIpc) is 3.29. The monoisotopic (exact) mass is 883 g/mol. The van der Waals surface area contributed by atoms with Gasteiger partial charge in [0.15, 0.2) is 6.10 Å². The summed E-state index contributed by atoms with van der Waals surface area (Å²) in [7, 11) is 0. The zero-order valence-corrected chi connectivity index (χ0v) is 40.7. The van der Waals surface area contributed by atoms with Gasteiger partial charge in [-0.1, -0.05) is 212 Å². The number of hydrogen-bond donors (Lipinski definition) is 0. The van der Waals surface area contributed by atoms with Gasteiger partial charge in [0.1, 0.15) is 13.2 Å². The summed E-state index contributed by atoms with van der Waals surface area (Å²) >= 11 is 0. The Hall–Kier alpha value is -4.45. The van der Waals surface area contributed by atoms with E-state index in [-0.39, 0.29) is 31.6 Å². The number of rotatable bonds is 43. The second-order valence-electron chi connectivity index (χ2n) is 16.1. The fourth-order valence-electron chi connectivity index (χ4n) is 6.22. The van der Waals surface area contributed by atoms with Gasteiger partial charge in [0.25, 0.3) is 0 Å². The van der Waals surface area contributed by atoms with Crippen LogP contribution in [0.2, 0.25) is 0 Å². The number of ether oxygens (including phenoxy) is 3. The summed E-state index contributed by atoms with van der Waals surface area (Å²) in [5.74, 6) is -1.06. The molecule has 0 heterocycles. The summed E-state index contributed by atoms with van der Waals surface area (Å²) in [6.07, 6.45) is 71.5. The highest BCUT2D eigenvalue weighted by Gasteiger charge is 2.19. The van der Waals surface area contributed by atoms with Gasteiger partial charge in [-0.2, -0.15) is 0 Å². The molecular formula is C58H90O6. The Balaban J connectivity index is 4.59. The fraction of sp³-hybridized carbons (Fsp3) is 0.569. The standard InChI is InChI=1S/C58H90O6/c1-4-7-10-13-16-19-22-25-27-29-30-32-33-36-39-42-45-48-51-57(60)63-54-55(53-62-56(59)50-47-44-41-38-35-24-21-18-15-12-9-6-3)64-58(61)52-49-46-43-40-37-34-31-28-26-23-20-17-14-11-8-5-2/h8,10-11,13,16-22,25-30,32,34,37,43,46,55H,4-7,9,12,14-15,23-24,31,33,35-36,38-42,44-45,47-54H2,1-3H3/b11-8-,13-10-,19-16-,20-17-,21-18-,25-22-,28-26-,29-27-,32-30-,37-34-,46-43-. The minimum absolute atomic E-state index is 0.126. The first-order chi connectivity index (χ1) is 31.5. The molecule has 0 aromatic rings. The Morgan fingerprint density at radius 2 is 0.734 bits per heavy atom. The lowest BCUT2D eigenvalue weighted by molar-refractivity contribution is -0.166. The van der Waals surface area contributed by atoms with E-state index in [2.05, 4.69) is 106 Å². The van der Waals surface area contributed by atoms with Gasteiger partial charge in [-0.05, 0) is 96.3 Å². The first-order valence-electron chi connectivity index (χ1n) is 25.3. The molecular weight excluding hydrogens is 793 g/mol. The van der Waals surface area contributed by atoms with Gasteiger partial charge >= 0.3 is 17.9 Å². The fourth-order valence-corrected chi connectivity index (χ4v) is 6.22. The molecule has 0 radical (unpaired) electrons. The van der Waals surface area contributed by atoms with Crippen molar-refractivity contribution < 1.29 is 28.6 Å². The van der Waals surface area contributed by atoms with E-state index in [9.17, 15) is 14.4 Å². The number of carbonyl (C=O) groups excluding carboxylic acids is 3. The van der Waals surface area contributed by atoms with E-state index in [0.717, 1.165) is 109 Å². The van der Waals surface area contributed by atoms with Crippen LogP contribution in [-0.4, -0.2) is 37.2 Å². The van der Waals surface area contributed by atoms with Crippen molar-refractivity contribution in [2.75, 3.05) is 13.2 Å². The Morgan fingerprint density at radius 1 is 0.344 bits per heavy atom. The Morgan fingerprint density at radius 3 is 1.22 bits per heavy atom. The maximum atomic E-state index is 12.8. The van der Waals surface area contributed by atoms with E-state index in [1.54, 1.807) is 0 Å². The quantitative estimate of drug-likeness (QED) is 0.0200. The predicted octanol–water partition coefficient (Wildman–Crippen LogP) is 16.7. The van der Waals surface area contributed by atoms with Crippen LogP contribution < -0.4 is 0 Å². The largest absolute Gasteiger partial charge is 0.462 e. The molecule has 0 bridgehead atoms. The van der Waals surface area contributed by atoms with Crippen molar-refractivity contribution in [2.24, 2.45) is 0 Å². The third kappa shape index (κ3) is 48.6. The van der Waals surface area contributed by atoms with Crippen molar-refractivity contribution in [2.45, 2.75) is 200 Å². The van der Waals surface area contributed by atoms with Gasteiger partial charge in [-0.25, -0.2) is 0 Å². The molecule has 0 N–H and O–H groups in total. The van der Waals surface area contributed by atoms with Crippen LogP contribution in [0, 0.1) is 0 Å². The highest BCUT2D eigenvalue weighted by Crippen LogP contribution is 2.12. The molecule has 358 valence electrons. The van der Waals surface area contributed by atoms with Crippen LogP contribution in [0.3, 0.4) is 0 Å². The maximum Gasteiger partial charge on any atom is 0.306 e. The van der Waals surface area contributed by atoms with Crippen LogP contribution in [0.4, 0.5) is 0 Å². The second-order valence-corrected chi connectivity index (χ2v) is 16.1. The normalized spacial score (nSPS) is 13.2. The second kappa shape index (κ2) is 51.2. The third-order valence-corrected chi connectivity index (χ3v) is 9.98. The number of hydrogen-bond acceptors (Lipinski definition) is 6. The molecule has 0 aliphatic rings. The van der Waals surface area contributed by atoms with Gasteiger partial charge in [0, 0.05) is 19.3 Å². The maximum absolute atomic E-state index is 12.8. The average molecular weight is 883 g/mol. The van der Waals surface area contributed by atoms with Crippen molar-refractivity contribution in [1.29, 1.82) is 0 Å². The van der Waals surface area contributed by atoms with Gasteiger partial charge in [0.2, 0.25) is 0 Å². The van der Waals surface area contributed by atoms with Gasteiger partial charge in [-0.15, -0.1) is 0 Å². The van der Waals surface area contributed by atoms with E-state index >= 15 is 0 Å². The van der Waals surface area contributed by atoms with Crippen molar-refractivity contribution in [3.8, 4) is 0 Å². The summed E-state index contributed by atoms with van der Waals surface area (Å²) in [4.78, 5) is 37.9. The number of allylic oxidation sites excluding steroid dienone is 22. The molecule has 0 aromatic carbocycles. The van der Waals surface area contributed by atoms with Crippen molar-refractivity contribution >= 4 is 17.9 Å². The SMILES string of the molecule is CC/C=C\C/C=C\C/C=C\C/C=C\C/C=C\CCC(=O)OC(COC(=O)CCCCCCC\C=C/C=C\C=C/C=C\C=C/CCC)COC(=O)CCCCCCC/C=C\CCCCC. The van der Waals surface area contributed by atoms with Crippen LogP contribution >= 0.6 is 0 Å². The smallest absolute Gasteiger partial charge is 0.306 e. The van der Waals surface area contributed by atoms with E-state index in [1.807, 2.05) is 48.6 Å². The Kier molecular flexibility index (Phi) is 47.6. The molecule has 0 aliphatic heterocycles. The summed E-state index contributed by atoms with van der Waals surface area (Å²) in [5, 5.41) is 0. The zero-order chi connectivity index (χ0) is 46.5. The molecule has 0 rings (SSSR count). The first kappa shape index (κ1) is 59.6. The molecule has 0 saturated heterocycles. The molecule has 0 aliphatic carbocycles. The van der Waals surface area contributed by atoms with Crippen LogP contribution in [0.1, 0.15) is 194 Å². The van der Waals surface area contributed by atoms with E-state index in [1.165, 1.54) is 38.5 Å². The van der Waals surface area contributed by atoms with Gasteiger partial charge in [0.05, 0.1) is 0 Å². The number of esters is 3. The number of unbranched alkanes of at least 4 members (excludes halogenated alkanes) is 14. The first-order valence-corrected chi connectivity index (χ1v) is 25.3. The molecule has 0 fully saturated rings. The molecule has 64 heavy (non-hydrogen) atoms. The lowest BCUT2D eigenvalue weighted by atomic mass is 10.1. The topological polar surface area (TPSA) is 78.9 Å². The Bertz CT molecular complexity index is 1430.